The predicted molar refractivity (Wildman–Crippen MR) is 130 cm³/mol. The number of hydrogen-bond acceptors (Lipinski definition) is 6. The van der Waals surface area contributed by atoms with Crippen molar-refractivity contribution in [1.29, 1.82) is 0 Å². The first-order valence-corrected chi connectivity index (χ1v) is 12.0. The maximum Gasteiger partial charge on any atom is 0.328 e. The van der Waals surface area contributed by atoms with E-state index in [2.05, 4.69) is 39.4 Å². The van der Waals surface area contributed by atoms with Gasteiger partial charge in [-0.05, 0) is 62.6 Å². The van der Waals surface area contributed by atoms with Crippen molar-refractivity contribution in [2.75, 3.05) is 31.6 Å². The van der Waals surface area contributed by atoms with Gasteiger partial charge in [0.15, 0.2) is 0 Å². The van der Waals surface area contributed by atoms with Crippen molar-refractivity contribution in [3.05, 3.63) is 59.2 Å². The molecule has 0 spiro atoms. The number of imide groups is 1. The molecule has 0 radical (unpaired) electrons. The molecule has 0 bridgehead atoms. The lowest BCUT2D eigenvalue weighted by Gasteiger charge is -2.44. The number of ether oxygens (including phenoxy) is 1. The summed E-state index contributed by atoms with van der Waals surface area (Å²) in [5, 5.41) is 3.58. The van der Waals surface area contributed by atoms with Gasteiger partial charge in [0.1, 0.15) is 24.2 Å². The number of amides is 3. The number of benzene rings is 2. The number of urea groups is 1. The second-order valence-electron chi connectivity index (χ2n) is 9.39. The van der Waals surface area contributed by atoms with Gasteiger partial charge in [-0.1, -0.05) is 23.8 Å². The molecule has 3 amide bonds. The molecule has 180 valence electrons. The van der Waals surface area contributed by atoms with E-state index in [1.165, 1.54) is 4.90 Å². The molecule has 8 nitrogen and oxygen atoms in total. The highest BCUT2D eigenvalue weighted by molar-refractivity contribution is 6.00. The number of fused-ring (bicyclic) bond motifs is 3. The van der Waals surface area contributed by atoms with Crippen molar-refractivity contribution in [2.45, 2.75) is 52.2 Å². The van der Waals surface area contributed by atoms with Crippen molar-refractivity contribution in [3.63, 3.8) is 0 Å². The number of rotatable bonds is 5. The fourth-order valence-electron chi connectivity index (χ4n) is 5.37. The van der Waals surface area contributed by atoms with Gasteiger partial charge in [0.05, 0.1) is 13.2 Å². The molecule has 0 saturated carbocycles. The minimum Gasteiger partial charge on any atom is -0.494 e. The van der Waals surface area contributed by atoms with Gasteiger partial charge in [-0.25, -0.2) is 4.79 Å². The van der Waals surface area contributed by atoms with Crippen LogP contribution in [0.2, 0.25) is 0 Å². The number of likely N-dealkylation sites (N-methyl/N-ethyl adjacent to an activating group) is 1. The molecular formula is C26H33N5O3. The van der Waals surface area contributed by atoms with Gasteiger partial charge in [-0.3, -0.25) is 19.9 Å². The lowest BCUT2D eigenvalue weighted by atomic mass is 10.0. The van der Waals surface area contributed by atoms with Crippen molar-refractivity contribution in [2.24, 2.45) is 0 Å². The van der Waals surface area contributed by atoms with Gasteiger partial charge in [0.2, 0.25) is 0 Å². The first kappa shape index (κ1) is 22.7. The first-order valence-electron chi connectivity index (χ1n) is 12.0. The quantitative estimate of drug-likeness (QED) is 0.736. The van der Waals surface area contributed by atoms with E-state index < -0.39 is 6.04 Å². The molecule has 3 heterocycles. The average molecular weight is 464 g/mol. The van der Waals surface area contributed by atoms with Crippen molar-refractivity contribution in [3.8, 4) is 5.75 Å². The summed E-state index contributed by atoms with van der Waals surface area (Å²) in [7, 11) is 1.79. The van der Waals surface area contributed by atoms with Crippen molar-refractivity contribution in [1.82, 2.24) is 20.0 Å². The van der Waals surface area contributed by atoms with Crippen LogP contribution in [0, 0.1) is 13.8 Å². The Morgan fingerprint density at radius 2 is 1.82 bits per heavy atom. The van der Waals surface area contributed by atoms with Crippen LogP contribution in [0.15, 0.2) is 42.5 Å². The molecule has 3 fully saturated rings. The molecule has 1 N–H and O–H groups in total. The van der Waals surface area contributed by atoms with Crippen LogP contribution in [0.4, 0.5) is 10.5 Å². The Labute approximate surface area is 201 Å². The largest absolute Gasteiger partial charge is 0.494 e. The number of hydrogen-bond donors (Lipinski definition) is 1. The second kappa shape index (κ2) is 8.92. The number of carbonyl (C=O) groups excluding carboxylic acids is 2. The Kier molecular flexibility index (Phi) is 5.95. The van der Waals surface area contributed by atoms with Gasteiger partial charge in [0.25, 0.3) is 5.91 Å². The molecule has 5 rings (SSSR count). The third-order valence-electron chi connectivity index (χ3n) is 7.18. The second-order valence-corrected chi connectivity index (χ2v) is 9.39. The molecule has 8 heteroatoms. The molecule has 34 heavy (non-hydrogen) atoms. The van der Waals surface area contributed by atoms with Crippen LogP contribution in [0.1, 0.15) is 30.0 Å². The molecule has 2 aromatic carbocycles. The number of nitrogens with one attached hydrogen (secondary N) is 1. The first-order chi connectivity index (χ1) is 16.4. The third kappa shape index (κ3) is 3.80. The van der Waals surface area contributed by atoms with Crippen molar-refractivity contribution >= 4 is 17.6 Å². The summed E-state index contributed by atoms with van der Waals surface area (Å²) in [6, 6.07) is 13.6. The number of aryl methyl sites for hydroxylation is 2. The fraction of sp³-hybridized carbons (Fsp3) is 0.462. The number of carbonyl (C=O) groups is 2. The molecule has 3 atom stereocenters. The van der Waals surface area contributed by atoms with Crippen LogP contribution in [0.25, 0.3) is 0 Å². The van der Waals surface area contributed by atoms with E-state index in [1.807, 2.05) is 39.0 Å². The normalized spacial score (nSPS) is 24.9. The lowest BCUT2D eigenvalue weighted by Crippen LogP contribution is -2.66. The summed E-state index contributed by atoms with van der Waals surface area (Å²) in [6.45, 7) is 8.62. The fourth-order valence-corrected chi connectivity index (χ4v) is 5.37. The Morgan fingerprint density at radius 3 is 2.56 bits per heavy atom. The highest BCUT2D eigenvalue weighted by Gasteiger charge is 2.56. The number of anilines is 1. The minimum atomic E-state index is -0.414. The number of nitrogens with zero attached hydrogens (tertiary/aromatic N) is 4. The summed E-state index contributed by atoms with van der Waals surface area (Å²) in [4.78, 5) is 34.6. The minimum absolute atomic E-state index is 0.127. The molecule has 2 aromatic rings. The summed E-state index contributed by atoms with van der Waals surface area (Å²) in [5.41, 5.74) is 4.27. The van der Waals surface area contributed by atoms with E-state index in [0.717, 1.165) is 47.6 Å². The zero-order valence-corrected chi connectivity index (χ0v) is 20.3. The highest BCUT2D eigenvalue weighted by atomic mass is 16.5. The van der Waals surface area contributed by atoms with Crippen LogP contribution >= 0.6 is 0 Å². The summed E-state index contributed by atoms with van der Waals surface area (Å²) in [5.74, 6) is 0.716. The zero-order valence-electron chi connectivity index (χ0n) is 20.3. The maximum atomic E-state index is 13.7. The zero-order chi connectivity index (χ0) is 24.0. The third-order valence-corrected chi connectivity index (χ3v) is 7.18. The monoisotopic (exact) mass is 463 g/mol. The maximum absolute atomic E-state index is 13.7. The highest BCUT2D eigenvalue weighted by Crippen LogP contribution is 2.34. The van der Waals surface area contributed by atoms with Crippen LogP contribution < -0.4 is 15.0 Å². The van der Waals surface area contributed by atoms with Crippen LogP contribution in [0.5, 0.6) is 5.75 Å². The topological polar surface area (TPSA) is 68.4 Å². The van der Waals surface area contributed by atoms with Crippen LogP contribution in [-0.2, 0) is 11.3 Å². The van der Waals surface area contributed by atoms with Gasteiger partial charge >= 0.3 is 6.03 Å². The van der Waals surface area contributed by atoms with E-state index in [-0.39, 0.29) is 24.4 Å². The van der Waals surface area contributed by atoms with E-state index in [0.29, 0.717) is 13.2 Å². The van der Waals surface area contributed by atoms with E-state index in [9.17, 15) is 9.59 Å². The van der Waals surface area contributed by atoms with Gasteiger partial charge < -0.3 is 14.5 Å². The smallest absolute Gasteiger partial charge is 0.328 e. The van der Waals surface area contributed by atoms with E-state index >= 15 is 0 Å². The molecule has 3 aliphatic heterocycles. The van der Waals surface area contributed by atoms with Gasteiger partial charge in [-0.2, -0.15) is 0 Å². The van der Waals surface area contributed by atoms with E-state index in [4.69, 9.17) is 4.74 Å². The Balaban J connectivity index is 1.41. The molecular weight excluding hydrogens is 430 g/mol. The summed E-state index contributed by atoms with van der Waals surface area (Å²) in [6.07, 6.45) is 0.431. The van der Waals surface area contributed by atoms with Crippen molar-refractivity contribution < 1.29 is 14.3 Å². The summed E-state index contributed by atoms with van der Waals surface area (Å²) >= 11 is 0. The molecule has 3 aliphatic rings. The Bertz CT molecular complexity index is 1090. The standard InChI is InChI=1S/C26H33N5O3/c1-5-34-21-11-9-20(10-12-21)29-13-6-14-30-22-23(27-25(29)30)28(4)26(33)31(24(22)32)16-19-15-17(2)7-8-18(19)3/h7-12,15,22-23,25,27H,5-6,13-14,16H2,1-4H3. The van der Waals surface area contributed by atoms with Gasteiger partial charge in [0, 0.05) is 25.8 Å². The molecule has 0 aliphatic carbocycles. The van der Waals surface area contributed by atoms with E-state index in [1.54, 1.807) is 11.9 Å². The van der Waals surface area contributed by atoms with Gasteiger partial charge in [-0.15, -0.1) is 0 Å². The molecule has 3 saturated heterocycles. The SMILES string of the molecule is CCOc1ccc(N2CCCN3C4C(=O)N(Cc5cc(C)ccc5C)C(=O)N(C)C4NC23)cc1. The molecule has 3 unspecified atom stereocenters. The summed E-state index contributed by atoms with van der Waals surface area (Å²) < 4.78 is 5.59. The van der Waals surface area contributed by atoms with Crippen LogP contribution in [-0.4, -0.2) is 71.9 Å². The Hall–Kier alpha value is -3.10. The van der Waals surface area contributed by atoms with Crippen LogP contribution in [0.3, 0.4) is 0 Å². The molecule has 0 aromatic heterocycles. The Morgan fingerprint density at radius 1 is 1.06 bits per heavy atom. The average Bonchev–Trinajstić information content (AvgIpc) is 3.23. The lowest BCUT2D eigenvalue weighted by molar-refractivity contribution is -0.139. The predicted octanol–water partition coefficient (Wildman–Crippen LogP) is 2.89.